The molecule has 82 heavy (non-hydrogen) atoms. The van der Waals surface area contributed by atoms with Crippen LogP contribution in [-0.4, -0.2) is 6.71 Å². The van der Waals surface area contributed by atoms with Crippen molar-refractivity contribution in [3.63, 3.8) is 0 Å². The average molecular weight is 1070 g/mol. The molecule has 16 rings (SSSR count). The van der Waals surface area contributed by atoms with Crippen LogP contribution in [0.15, 0.2) is 152 Å². The van der Waals surface area contributed by atoms with Gasteiger partial charge < -0.3 is 9.80 Å². The maximum absolute atomic E-state index is 2.80. The number of hydrogen-bond donors (Lipinski definition) is 0. The first-order valence-electron chi connectivity index (χ1n) is 30.7. The Labute approximate surface area is 488 Å². The van der Waals surface area contributed by atoms with Gasteiger partial charge in [0.2, 0.25) is 0 Å². The van der Waals surface area contributed by atoms with Crippen LogP contribution in [0.5, 0.6) is 0 Å². The van der Waals surface area contributed by atoms with Gasteiger partial charge in [-0.2, -0.15) is 0 Å². The number of fused-ring (bicyclic) bond motifs is 10. The zero-order chi connectivity index (χ0) is 57.1. The zero-order valence-electron chi connectivity index (χ0n) is 51.3. The van der Waals surface area contributed by atoms with Crippen molar-refractivity contribution in [1.82, 2.24) is 0 Å². The molecule has 3 aliphatic heterocycles. The lowest BCUT2D eigenvalue weighted by molar-refractivity contribution is 0.332. The summed E-state index contributed by atoms with van der Waals surface area (Å²) < 4.78 is 0. The van der Waals surface area contributed by atoms with Crippen LogP contribution < -0.4 is 26.2 Å². The monoisotopic (exact) mass is 1060 g/mol. The first-order chi connectivity index (χ1) is 38.8. The highest BCUT2D eigenvalue weighted by Crippen LogP contribution is 2.64. The molecule has 1 unspecified atom stereocenters. The van der Waals surface area contributed by atoms with Crippen LogP contribution in [-0.2, 0) is 37.9 Å². The summed E-state index contributed by atoms with van der Waals surface area (Å²) in [6.45, 7) is 39.6. The van der Waals surface area contributed by atoms with Crippen LogP contribution in [0.4, 0.5) is 34.1 Å². The molecule has 0 amide bonds. The number of hydrogen-bond acceptors (Lipinski definition) is 2. The third kappa shape index (κ3) is 5.94. The summed E-state index contributed by atoms with van der Waals surface area (Å²) in [5.74, 6) is 0. The highest BCUT2D eigenvalue weighted by molar-refractivity contribution is 7.01. The van der Waals surface area contributed by atoms with E-state index in [-0.39, 0.29) is 39.2 Å². The molecule has 0 spiro atoms. The minimum atomic E-state index is -0.476. The van der Waals surface area contributed by atoms with Gasteiger partial charge in [0.1, 0.15) is 0 Å². The van der Waals surface area contributed by atoms with Crippen LogP contribution in [0.3, 0.4) is 0 Å². The molecule has 4 aliphatic carbocycles. The predicted molar refractivity (Wildman–Crippen MR) is 348 cm³/mol. The topological polar surface area (TPSA) is 6.48 Å². The van der Waals surface area contributed by atoms with Crippen LogP contribution in [0.2, 0.25) is 0 Å². The maximum atomic E-state index is 2.80. The second-order valence-electron chi connectivity index (χ2n) is 29.8. The van der Waals surface area contributed by atoms with Crippen molar-refractivity contribution in [2.75, 3.05) is 9.80 Å². The summed E-state index contributed by atoms with van der Waals surface area (Å²) in [6.07, 6.45) is 2.34. The highest BCUT2D eigenvalue weighted by Gasteiger charge is 2.60. The third-order valence-electron chi connectivity index (χ3n) is 22.9. The zero-order valence-corrected chi connectivity index (χ0v) is 51.3. The standard InChI is InChI=1S/C79H77BN2/c1-44-24-23-25-45(2)66(44)47-39-63-70-64(40-47)82(62-42-58-57(38-46(62)3)73(4,5)36-37-74(58,6)7)61-35-33-50-49-26-17-18-27-51(49)79(16)67(50)71(61)80(70)72-65(43-60-68(69(72)79)78(14,15)55-31-22-21-30-54(55)77(60,12)13)81(63)48-32-34-56-59(41-48)76(10,11)53-29-20-19-28-52(53)75(56,8)9/h17-35,38-43H,36-37H2,1-16H3. The summed E-state index contributed by atoms with van der Waals surface area (Å²) in [6, 6.07) is 61.1. The third-order valence-corrected chi connectivity index (χ3v) is 22.9. The number of rotatable bonds is 3. The van der Waals surface area contributed by atoms with Gasteiger partial charge in [0.15, 0.2) is 0 Å². The summed E-state index contributed by atoms with van der Waals surface area (Å²) >= 11 is 0. The number of nitrogens with zero attached hydrogens (tertiary/aromatic N) is 2. The van der Waals surface area contributed by atoms with Gasteiger partial charge in [-0.15, -0.1) is 0 Å². The second kappa shape index (κ2) is 15.6. The van der Waals surface area contributed by atoms with Gasteiger partial charge in [0.25, 0.3) is 6.71 Å². The normalized spacial score (nSPS) is 20.7. The summed E-state index contributed by atoms with van der Waals surface area (Å²) in [5.41, 5.74) is 38.9. The molecule has 0 saturated heterocycles. The molecule has 0 fully saturated rings. The van der Waals surface area contributed by atoms with Gasteiger partial charge in [0, 0.05) is 61.2 Å². The Bertz CT molecular complexity index is 4400. The van der Waals surface area contributed by atoms with E-state index in [0.29, 0.717) is 0 Å². The molecule has 2 nitrogen and oxygen atoms in total. The van der Waals surface area contributed by atoms with Crippen molar-refractivity contribution in [3.8, 4) is 22.3 Å². The van der Waals surface area contributed by atoms with Crippen LogP contribution in [0, 0.1) is 20.8 Å². The predicted octanol–water partition coefficient (Wildman–Crippen LogP) is 18.3. The van der Waals surface area contributed by atoms with Crippen molar-refractivity contribution in [3.05, 3.63) is 241 Å². The van der Waals surface area contributed by atoms with Crippen LogP contribution >= 0.6 is 0 Å². The molecule has 406 valence electrons. The van der Waals surface area contributed by atoms with E-state index in [1.54, 1.807) is 0 Å². The molecule has 0 bridgehead atoms. The molecular formula is C79H77BN2. The molecule has 0 saturated carbocycles. The van der Waals surface area contributed by atoms with E-state index in [2.05, 4.69) is 272 Å². The van der Waals surface area contributed by atoms with Gasteiger partial charge in [-0.3, -0.25) is 0 Å². The number of aryl methyl sites for hydroxylation is 3. The lowest BCUT2D eigenvalue weighted by Gasteiger charge is -2.55. The van der Waals surface area contributed by atoms with Crippen molar-refractivity contribution < 1.29 is 0 Å². The summed E-state index contributed by atoms with van der Waals surface area (Å²) in [4.78, 5) is 5.58. The Kier molecular flexibility index (Phi) is 9.61. The van der Waals surface area contributed by atoms with E-state index in [1.165, 1.54) is 168 Å². The van der Waals surface area contributed by atoms with Crippen molar-refractivity contribution in [2.24, 2.45) is 0 Å². The largest absolute Gasteiger partial charge is 0.311 e. The highest BCUT2D eigenvalue weighted by atomic mass is 15.2. The number of benzene rings is 9. The Morgan fingerprint density at radius 2 is 0.829 bits per heavy atom. The second-order valence-corrected chi connectivity index (χ2v) is 29.8. The smallest absolute Gasteiger partial charge is 0.253 e. The Morgan fingerprint density at radius 1 is 0.329 bits per heavy atom. The van der Waals surface area contributed by atoms with Crippen LogP contribution in [0.25, 0.3) is 22.3 Å². The van der Waals surface area contributed by atoms with E-state index >= 15 is 0 Å². The first kappa shape index (κ1) is 50.4. The van der Waals surface area contributed by atoms with Gasteiger partial charge in [0.05, 0.1) is 0 Å². The molecule has 9 aromatic carbocycles. The first-order valence-corrected chi connectivity index (χ1v) is 30.7. The van der Waals surface area contributed by atoms with Crippen molar-refractivity contribution in [1.29, 1.82) is 0 Å². The molecule has 1 atom stereocenters. The molecule has 9 aromatic rings. The minimum Gasteiger partial charge on any atom is -0.311 e. The van der Waals surface area contributed by atoms with E-state index < -0.39 is 5.41 Å². The van der Waals surface area contributed by atoms with Gasteiger partial charge in [-0.05, 0) is 221 Å². The molecule has 3 heterocycles. The van der Waals surface area contributed by atoms with Gasteiger partial charge in [-0.1, -0.05) is 192 Å². The fraction of sp³-hybridized carbons (Fsp3) is 0.316. The Balaban J connectivity index is 1.11. The molecule has 0 aromatic heterocycles. The quantitative estimate of drug-likeness (QED) is 0.163. The lowest BCUT2D eigenvalue weighted by Crippen LogP contribution is -2.68. The fourth-order valence-corrected chi connectivity index (χ4v) is 18.6. The fourth-order valence-electron chi connectivity index (χ4n) is 18.6. The Morgan fingerprint density at radius 3 is 1.46 bits per heavy atom. The lowest BCUT2D eigenvalue weighted by atomic mass is 9.27. The molecular weight excluding hydrogens is 988 g/mol. The average Bonchev–Trinajstić information content (AvgIpc) is 1.24. The summed E-state index contributed by atoms with van der Waals surface area (Å²) in [5, 5.41) is 0. The maximum Gasteiger partial charge on any atom is 0.253 e. The molecule has 3 heteroatoms. The van der Waals surface area contributed by atoms with E-state index in [1.807, 2.05) is 0 Å². The molecule has 7 aliphatic rings. The van der Waals surface area contributed by atoms with Crippen molar-refractivity contribution in [2.45, 2.75) is 162 Å². The molecule has 0 N–H and O–H groups in total. The van der Waals surface area contributed by atoms with E-state index in [9.17, 15) is 0 Å². The van der Waals surface area contributed by atoms with Crippen LogP contribution in [0.1, 0.15) is 192 Å². The summed E-state index contributed by atoms with van der Waals surface area (Å²) in [7, 11) is 0. The van der Waals surface area contributed by atoms with Gasteiger partial charge in [-0.25, -0.2) is 0 Å². The Hall–Kier alpha value is -7.36. The SMILES string of the molecule is Cc1cc2c(cc1N1c3cc(-c4c(C)cccc4C)cc4c3B3c5c1ccc1c5C(C)(c5ccccc5-1)c1c3c(cc3c1C(C)(C)c1ccccc1C3(C)C)N4c1ccc3c(c1)C(C)(C)c1ccccc1C3(C)C)C(C)(C)CCC2(C)C. The van der Waals surface area contributed by atoms with Gasteiger partial charge >= 0.3 is 0 Å². The minimum absolute atomic E-state index is 0.0236. The number of anilines is 6. The van der Waals surface area contributed by atoms with E-state index in [0.717, 1.165) is 6.42 Å². The molecule has 0 radical (unpaired) electrons. The van der Waals surface area contributed by atoms with E-state index in [4.69, 9.17) is 0 Å². The van der Waals surface area contributed by atoms with Crippen molar-refractivity contribution >= 4 is 57.2 Å².